The smallest absolute Gasteiger partial charge is 0.311 e. The molecule has 0 aromatic rings. The first-order chi connectivity index (χ1) is 8.98. The van der Waals surface area contributed by atoms with Gasteiger partial charge in [-0.3, -0.25) is 4.79 Å². The third-order valence-corrected chi connectivity index (χ3v) is 2.40. The molecule has 0 rings (SSSR count). The summed E-state index contributed by atoms with van der Waals surface area (Å²) in [6, 6.07) is 2.12. The Hall–Kier alpha value is -1.56. The molecule has 0 atom stereocenters. The van der Waals surface area contributed by atoms with Crippen molar-refractivity contribution in [2.24, 2.45) is 5.41 Å². The summed E-state index contributed by atoms with van der Waals surface area (Å²) in [7, 11) is 0. The second kappa shape index (κ2) is 10.4. The molecule has 106 valence electrons. The second-order valence-corrected chi connectivity index (χ2v) is 5.43. The fraction of sp³-hybridized carbons (Fsp3) is 0.625. The average molecular weight is 263 g/mol. The molecule has 3 nitrogen and oxygen atoms in total. The summed E-state index contributed by atoms with van der Waals surface area (Å²) in [5, 5.41) is 8.35. The van der Waals surface area contributed by atoms with Gasteiger partial charge in [0.1, 0.15) is 0 Å². The van der Waals surface area contributed by atoms with Crippen molar-refractivity contribution in [3.63, 3.8) is 0 Å². The fourth-order valence-corrected chi connectivity index (χ4v) is 1.23. The van der Waals surface area contributed by atoms with Crippen molar-refractivity contribution in [2.75, 3.05) is 6.61 Å². The van der Waals surface area contributed by atoms with Gasteiger partial charge in [-0.15, -0.1) is 0 Å². The number of ether oxygens (including phenoxy) is 1. The average Bonchev–Trinajstić information content (AvgIpc) is 2.34. The molecule has 0 bridgehead atoms. The van der Waals surface area contributed by atoms with Crippen molar-refractivity contribution < 1.29 is 9.53 Å². The maximum atomic E-state index is 11.5. The quantitative estimate of drug-likeness (QED) is 0.375. The Labute approximate surface area is 117 Å². The van der Waals surface area contributed by atoms with Gasteiger partial charge in [0.15, 0.2) is 0 Å². The van der Waals surface area contributed by atoms with Gasteiger partial charge < -0.3 is 4.74 Å². The van der Waals surface area contributed by atoms with Gasteiger partial charge in [-0.05, 0) is 46.5 Å². The molecule has 0 saturated heterocycles. The summed E-state index contributed by atoms with van der Waals surface area (Å²) in [5.41, 5.74) is -0.415. The molecule has 0 saturated carbocycles. The van der Waals surface area contributed by atoms with Gasteiger partial charge in [-0.1, -0.05) is 24.3 Å². The van der Waals surface area contributed by atoms with E-state index >= 15 is 0 Å². The minimum atomic E-state index is -0.415. The van der Waals surface area contributed by atoms with Gasteiger partial charge >= 0.3 is 5.97 Å². The number of esters is 1. The van der Waals surface area contributed by atoms with Crippen LogP contribution < -0.4 is 0 Å². The zero-order chi connectivity index (χ0) is 14.6. The van der Waals surface area contributed by atoms with E-state index in [9.17, 15) is 4.79 Å². The molecule has 0 aromatic heterocycles. The van der Waals surface area contributed by atoms with Crippen molar-refractivity contribution >= 4 is 5.97 Å². The van der Waals surface area contributed by atoms with Crippen molar-refractivity contribution in [2.45, 2.75) is 52.9 Å². The van der Waals surface area contributed by atoms with Crippen LogP contribution in [0.3, 0.4) is 0 Å². The van der Waals surface area contributed by atoms with Gasteiger partial charge in [-0.2, -0.15) is 5.26 Å². The normalized spacial score (nSPS) is 11.9. The first-order valence-corrected chi connectivity index (χ1v) is 6.84. The van der Waals surface area contributed by atoms with E-state index in [-0.39, 0.29) is 5.97 Å². The van der Waals surface area contributed by atoms with E-state index in [2.05, 4.69) is 18.2 Å². The number of rotatable bonds is 8. The molecule has 0 unspecified atom stereocenters. The summed E-state index contributed by atoms with van der Waals surface area (Å²) in [4.78, 5) is 11.5. The standard InChI is InChI=1S/C16H25NO2/c1-16(2,3)15(18)19-14-12-10-8-6-4-5-7-9-11-13-17/h4-6,8H,7,9-12,14H2,1-3H3/b5-4+,8-6+. The van der Waals surface area contributed by atoms with Crippen LogP contribution in [0.2, 0.25) is 0 Å². The largest absolute Gasteiger partial charge is 0.465 e. The third-order valence-electron chi connectivity index (χ3n) is 2.40. The molecule has 0 aliphatic rings. The predicted octanol–water partition coefficient (Wildman–Crippen LogP) is 4.16. The minimum absolute atomic E-state index is 0.145. The van der Waals surface area contributed by atoms with Gasteiger partial charge in [0.25, 0.3) is 0 Å². The number of carbonyl (C=O) groups excluding carboxylic acids is 1. The zero-order valence-corrected chi connectivity index (χ0v) is 12.3. The lowest BCUT2D eigenvalue weighted by Crippen LogP contribution is -2.23. The molecule has 0 radical (unpaired) electrons. The third kappa shape index (κ3) is 11.3. The van der Waals surface area contributed by atoms with E-state index in [1.165, 1.54) is 0 Å². The number of allylic oxidation sites excluding steroid dienone is 4. The number of unbranched alkanes of at least 4 members (excludes halogenated alkanes) is 3. The van der Waals surface area contributed by atoms with E-state index in [1.54, 1.807) is 0 Å². The Morgan fingerprint density at radius 2 is 1.74 bits per heavy atom. The number of hydrogen-bond acceptors (Lipinski definition) is 3. The monoisotopic (exact) mass is 263 g/mol. The molecule has 3 heteroatoms. The number of hydrogen-bond donors (Lipinski definition) is 0. The van der Waals surface area contributed by atoms with Crippen LogP contribution in [-0.4, -0.2) is 12.6 Å². The SMILES string of the molecule is CC(C)(C)C(=O)OCCC/C=C/C=C/CCCC#N. The molecule has 0 heterocycles. The second-order valence-electron chi connectivity index (χ2n) is 5.43. The summed E-state index contributed by atoms with van der Waals surface area (Å²) in [6.45, 7) is 6.04. The van der Waals surface area contributed by atoms with Crippen LogP contribution in [0.25, 0.3) is 0 Å². The summed E-state index contributed by atoms with van der Waals surface area (Å²) in [5.74, 6) is -0.145. The van der Waals surface area contributed by atoms with Gasteiger partial charge in [0.05, 0.1) is 18.1 Å². The highest BCUT2D eigenvalue weighted by Gasteiger charge is 2.22. The molecule has 0 aliphatic heterocycles. The highest BCUT2D eigenvalue weighted by Crippen LogP contribution is 2.15. The molecule has 0 N–H and O–H groups in total. The summed E-state index contributed by atoms with van der Waals surface area (Å²) in [6.07, 6.45) is 12.4. The van der Waals surface area contributed by atoms with Crippen molar-refractivity contribution in [3.8, 4) is 6.07 Å². The van der Waals surface area contributed by atoms with Crippen LogP contribution >= 0.6 is 0 Å². The van der Waals surface area contributed by atoms with Crippen LogP contribution in [0.1, 0.15) is 52.9 Å². The van der Waals surface area contributed by atoms with Crippen molar-refractivity contribution in [1.29, 1.82) is 5.26 Å². The number of nitrogens with zero attached hydrogens (tertiary/aromatic N) is 1. The first-order valence-electron chi connectivity index (χ1n) is 6.84. The Balaban J connectivity index is 3.49. The van der Waals surface area contributed by atoms with E-state index < -0.39 is 5.41 Å². The molecule has 0 aliphatic carbocycles. The Kier molecular flexibility index (Phi) is 9.52. The van der Waals surface area contributed by atoms with Crippen molar-refractivity contribution in [3.05, 3.63) is 24.3 Å². The molecule has 19 heavy (non-hydrogen) atoms. The lowest BCUT2D eigenvalue weighted by Gasteiger charge is -2.16. The zero-order valence-electron chi connectivity index (χ0n) is 12.3. The Morgan fingerprint density at radius 3 is 2.26 bits per heavy atom. The lowest BCUT2D eigenvalue weighted by atomic mass is 9.97. The molecule has 0 amide bonds. The Morgan fingerprint density at radius 1 is 1.16 bits per heavy atom. The molecular weight excluding hydrogens is 238 g/mol. The van der Waals surface area contributed by atoms with E-state index in [1.807, 2.05) is 32.9 Å². The maximum absolute atomic E-state index is 11.5. The Bertz CT molecular complexity index is 343. The minimum Gasteiger partial charge on any atom is -0.465 e. The number of carbonyl (C=O) groups is 1. The van der Waals surface area contributed by atoms with Crippen LogP contribution in [0.4, 0.5) is 0 Å². The van der Waals surface area contributed by atoms with Crippen LogP contribution in [0.15, 0.2) is 24.3 Å². The van der Waals surface area contributed by atoms with E-state index in [4.69, 9.17) is 10.00 Å². The lowest BCUT2D eigenvalue weighted by molar-refractivity contribution is -0.153. The fourth-order valence-electron chi connectivity index (χ4n) is 1.23. The van der Waals surface area contributed by atoms with Gasteiger partial charge in [0, 0.05) is 6.42 Å². The van der Waals surface area contributed by atoms with Gasteiger partial charge in [0.2, 0.25) is 0 Å². The predicted molar refractivity (Wildman–Crippen MR) is 77.4 cm³/mol. The number of nitriles is 1. The van der Waals surface area contributed by atoms with Crippen molar-refractivity contribution in [1.82, 2.24) is 0 Å². The van der Waals surface area contributed by atoms with Crippen LogP contribution in [-0.2, 0) is 9.53 Å². The van der Waals surface area contributed by atoms with Crippen LogP contribution in [0, 0.1) is 16.7 Å². The molecular formula is C16H25NO2. The van der Waals surface area contributed by atoms with Gasteiger partial charge in [-0.25, -0.2) is 0 Å². The van der Waals surface area contributed by atoms with E-state index in [0.717, 1.165) is 25.7 Å². The highest BCUT2D eigenvalue weighted by atomic mass is 16.5. The van der Waals surface area contributed by atoms with Crippen LogP contribution in [0.5, 0.6) is 0 Å². The topological polar surface area (TPSA) is 50.1 Å². The maximum Gasteiger partial charge on any atom is 0.311 e. The van der Waals surface area contributed by atoms with E-state index in [0.29, 0.717) is 13.0 Å². The first kappa shape index (κ1) is 17.4. The molecule has 0 spiro atoms. The molecule has 0 fully saturated rings. The summed E-state index contributed by atoms with van der Waals surface area (Å²) >= 11 is 0. The highest BCUT2D eigenvalue weighted by molar-refractivity contribution is 5.75. The molecule has 0 aromatic carbocycles. The summed E-state index contributed by atoms with van der Waals surface area (Å²) < 4.78 is 5.16.